The third-order valence-electron chi connectivity index (χ3n) is 8.40. The zero-order chi connectivity index (χ0) is 27.6. The summed E-state index contributed by atoms with van der Waals surface area (Å²) in [5.74, 6) is -2.66. The first kappa shape index (κ1) is 28.0. The lowest BCUT2D eigenvalue weighted by molar-refractivity contribution is -0.155. The number of rotatable bonds is 12. The van der Waals surface area contributed by atoms with Crippen LogP contribution in [0, 0.1) is 25.7 Å². The minimum absolute atomic E-state index is 0.238. The number of carbonyl (C=O) groups excluding carboxylic acids is 3. The van der Waals surface area contributed by atoms with Gasteiger partial charge in [0.05, 0.1) is 37.2 Å². The minimum atomic E-state index is -1.15. The summed E-state index contributed by atoms with van der Waals surface area (Å²) < 4.78 is 12.1. The van der Waals surface area contributed by atoms with E-state index in [4.69, 9.17) is 9.47 Å². The van der Waals surface area contributed by atoms with Gasteiger partial charge in [-0.1, -0.05) is 37.3 Å². The van der Waals surface area contributed by atoms with Crippen LogP contribution in [0.1, 0.15) is 50.2 Å². The molecule has 1 aromatic carbocycles. The number of ether oxygens (including phenoxy) is 2. The number of amides is 2. The van der Waals surface area contributed by atoms with E-state index < -0.39 is 41.6 Å². The largest absolute Gasteiger partial charge is 0.465 e. The van der Waals surface area contributed by atoms with E-state index >= 15 is 0 Å². The average molecular weight is 525 g/mol. The number of nitrogens with zero attached hydrogens (tertiary/aromatic N) is 2. The molecule has 0 radical (unpaired) electrons. The Morgan fingerprint density at radius 1 is 1.29 bits per heavy atom. The second kappa shape index (κ2) is 11.4. The van der Waals surface area contributed by atoms with Crippen LogP contribution in [0.2, 0.25) is 0 Å². The molecule has 3 heterocycles. The van der Waals surface area contributed by atoms with Gasteiger partial charge in [0, 0.05) is 12.2 Å². The third kappa shape index (κ3) is 4.47. The maximum absolute atomic E-state index is 14.6. The summed E-state index contributed by atoms with van der Waals surface area (Å²) in [6.07, 6.45) is 5.84. The lowest BCUT2D eigenvalue weighted by atomic mass is 9.70. The standard InChI is InChI=1S/C30H40N2O6/c1-6-9-10-17-37-29(36)23-22-14-15-30(38-22)24(23)27(34)32(21(8-3)18-33)26(30)28(35)31(16-7-2)25-19(4)12-11-13-20(25)5/h6-7,11-13,21-24,26,33H,1-2,8-10,14-18H2,3-5H3/t21-,22-,23+,24-,26?,30?/m0/s1. The highest BCUT2D eigenvalue weighted by molar-refractivity contribution is 6.05. The van der Waals surface area contributed by atoms with Gasteiger partial charge >= 0.3 is 5.97 Å². The van der Waals surface area contributed by atoms with E-state index in [1.165, 1.54) is 4.90 Å². The molecule has 0 aromatic heterocycles. The summed E-state index contributed by atoms with van der Waals surface area (Å²) in [6.45, 7) is 13.5. The van der Waals surface area contributed by atoms with Gasteiger partial charge in [0.15, 0.2) is 0 Å². The Morgan fingerprint density at radius 2 is 2.00 bits per heavy atom. The highest BCUT2D eigenvalue weighted by Crippen LogP contribution is 2.59. The Labute approximate surface area is 225 Å². The fraction of sp³-hybridized carbons (Fsp3) is 0.567. The van der Waals surface area contributed by atoms with Crippen molar-refractivity contribution in [3.8, 4) is 0 Å². The lowest BCUT2D eigenvalue weighted by Crippen LogP contribution is -2.59. The summed E-state index contributed by atoms with van der Waals surface area (Å²) in [5, 5.41) is 10.2. The van der Waals surface area contributed by atoms with Crippen LogP contribution in [0.25, 0.3) is 0 Å². The van der Waals surface area contributed by atoms with Crippen molar-refractivity contribution in [2.75, 3.05) is 24.7 Å². The van der Waals surface area contributed by atoms with Crippen molar-refractivity contribution < 1.29 is 29.0 Å². The molecule has 0 saturated carbocycles. The maximum atomic E-state index is 14.6. The van der Waals surface area contributed by atoms with E-state index in [1.807, 2.05) is 39.0 Å². The number of carbonyl (C=O) groups is 3. The molecule has 3 fully saturated rings. The van der Waals surface area contributed by atoms with Crippen LogP contribution in [0.4, 0.5) is 5.69 Å². The molecule has 1 aromatic rings. The number of anilines is 1. The van der Waals surface area contributed by atoms with Gasteiger partial charge in [0.25, 0.3) is 5.91 Å². The molecule has 3 aliphatic rings. The topological polar surface area (TPSA) is 96.4 Å². The molecule has 8 heteroatoms. The fourth-order valence-corrected chi connectivity index (χ4v) is 6.74. The van der Waals surface area contributed by atoms with E-state index in [2.05, 4.69) is 13.2 Å². The number of allylic oxidation sites excluding steroid dienone is 1. The van der Waals surface area contributed by atoms with Gasteiger partial charge in [-0.3, -0.25) is 14.4 Å². The summed E-state index contributed by atoms with van der Waals surface area (Å²) in [6, 6.07) is 4.29. The zero-order valence-corrected chi connectivity index (χ0v) is 22.7. The maximum Gasteiger partial charge on any atom is 0.312 e. The highest BCUT2D eigenvalue weighted by atomic mass is 16.6. The van der Waals surface area contributed by atoms with Crippen molar-refractivity contribution in [1.29, 1.82) is 0 Å². The number of hydrogen-bond donors (Lipinski definition) is 1. The lowest BCUT2D eigenvalue weighted by Gasteiger charge is -2.39. The number of aliphatic hydroxyl groups is 1. The first-order valence-corrected chi connectivity index (χ1v) is 13.6. The number of fused-ring (bicyclic) bond motifs is 1. The number of aliphatic hydroxyl groups excluding tert-OH is 1. The zero-order valence-electron chi connectivity index (χ0n) is 22.7. The van der Waals surface area contributed by atoms with Gasteiger partial charge in [-0.15, -0.1) is 13.2 Å². The Bertz CT molecular complexity index is 1080. The molecule has 206 valence electrons. The molecule has 2 amide bonds. The highest BCUT2D eigenvalue weighted by Gasteiger charge is 2.75. The molecule has 0 aliphatic carbocycles. The molecule has 38 heavy (non-hydrogen) atoms. The molecular weight excluding hydrogens is 484 g/mol. The molecule has 2 bridgehead atoms. The molecule has 4 rings (SSSR count). The first-order valence-electron chi connectivity index (χ1n) is 13.6. The van der Waals surface area contributed by atoms with E-state index in [0.29, 0.717) is 25.7 Å². The van der Waals surface area contributed by atoms with Gasteiger partial charge in [-0.25, -0.2) is 0 Å². The van der Waals surface area contributed by atoms with E-state index in [-0.39, 0.29) is 31.6 Å². The SMILES string of the molecule is C=CCCCOC(=O)[C@@H]1[C@@H]2CCC3(O2)C(C(=O)N(CC=C)c2c(C)cccc2C)N([C@@H](CC)CO)C(=O)[C@H]13. The predicted molar refractivity (Wildman–Crippen MR) is 144 cm³/mol. The van der Waals surface area contributed by atoms with Crippen LogP contribution >= 0.6 is 0 Å². The summed E-state index contributed by atoms with van der Waals surface area (Å²) >= 11 is 0. The first-order chi connectivity index (χ1) is 18.3. The summed E-state index contributed by atoms with van der Waals surface area (Å²) in [4.78, 5) is 45.1. The molecule has 6 atom stereocenters. The average Bonchev–Trinajstić information content (AvgIpc) is 3.54. The van der Waals surface area contributed by atoms with Gasteiger partial charge in [-0.2, -0.15) is 0 Å². The van der Waals surface area contributed by atoms with Crippen LogP contribution in [0.5, 0.6) is 0 Å². The smallest absolute Gasteiger partial charge is 0.312 e. The van der Waals surface area contributed by atoms with Gasteiger partial charge < -0.3 is 24.4 Å². The Kier molecular flexibility index (Phi) is 8.43. The quantitative estimate of drug-likeness (QED) is 0.256. The second-order valence-electron chi connectivity index (χ2n) is 10.6. The van der Waals surface area contributed by atoms with Gasteiger partial charge in [-0.05, 0) is 57.1 Å². The molecule has 2 unspecified atom stereocenters. The van der Waals surface area contributed by atoms with E-state index in [0.717, 1.165) is 23.2 Å². The van der Waals surface area contributed by atoms with E-state index in [9.17, 15) is 19.5 Å². The molecular formula is C30H40N2O6. The van der Waals surface area contributed by atoms with Crippen LogP contribution < -0.4 is 4.90 Å². The summed E-state index contributed by atoms with van der Waals surface area (Å²) in [7, 11) is 0. The van der Waals surface area contributed by atoms with Crippen LogP contribution in [-0.2, 0) is 23.9 Å². The number of unbranched alkanes of at least 4 members (excludes halogenated alkanes) is 1. The summed E-state index contributed by atoms with van der Waals surface area (Å²) in [5.41, 5.74) is 1.48. The van der Waals surface area contributed by atoms with Crippen molar-refractivity contribution in [3.05, 3.63) is 54.6 Å². The molecule has 1 N–H and O–H groups in total. The normalized spacial score (nSPS) is 28.2. The van der Waals surface area contributed by atoms with Crippen molar-refractivity contribution in [2.24, 2.45) is 11.8 Å². The predicted octanol–water partition coefficient (Wildman–Crippen LogP) is 3.48. The number of para-hydroxylation sites is 1. The number of likely N-dealkylation sites (tertiary alicyclic amines) is 1. The van der Waals surface area contributed by atoms with Crippen molar-refractivity contribution in [1.82, 2.24) is 4.90 Å². The molecule has 1 spiro atoms. The van der Waals surface area contributed by atoms with Gasteiger partial charge in [0.1, 0.15) is 11.6 Å². The van der Waals surface area contributed by atoms with Crippen LogP contribution in [0.15, 0.2) is 43.5 Å². The Balaban J connectivity index is 1.76. The van der Waals surface area contributed by atoms with Crippen LogP contribution in [0.3, 0.4) is 0 Å². The Morgan fingerprint density at radius 3 is 2.61 bits per heavy atom. The number of benzene rings is 1. The van der Waals surface area contributed by atoms with Crippen LogP contribution in [-0.4, -0.2) is 71.3 Å². The molecule has 8 nitrogen and oxygen atoms in total. The number of aryl methyl sites for hydroxylation is 2. The van der Waals surface area contributed by atoms with Crippen molar-refractivity contribution in [3.63, 3.8) is 0 Å². The number of esters is 1. The number of hydrogen-bond acceptors (Lipinski definition) is 6. The van der Waals surface area contributed by atoms with Crippen molar-refractivity contribution in [2.45, 2.75) is 76.7 Å². The molecule has 3 aliphatic heterocycles. The van der Waals surface area contributed by atoms with Gasteiger partial charge in [0.2, 0.25) is 5.91 Å². The Hall–Kier alpha value is -2.97. The second-order valence-corrected chi connectivity index (χ2v) is 10.6. The minimum Gasteiger partial charge on any atom is -0.465 e. The van der Waals surface area contributed by atoms with E-state index in [1.54, 1.807) is 17.1 Å². The third-order valence-corrected chi connectivity index (χ3v) is 8.40. The molecule has 3 saturated heterocycles. The fourth-order valence-electron chi connectivity index (χ4n) is 6.74. The monoisotopic (exact) mass is 524 g/mol. The van der Waals surface area contributed by atoms with Crippen molar-refractivity contribution >= 4 is 23.5 Å².